The summed E-state index contributed by atoms with van der Waals surface area (Å²) >= 11 is 0.694. The molecular formula is C88H122N20O23S. The molecule has 18 amide bonds. The van der Waals surface area contributed by atoms with Crippen molar-refractivity contribution >= 4 is 146 Å². The topological polar surface area (TPSA) is 651 Å². The standard InChI is InChI=1S/C88H122N20O23S/c1-9-11-22-66-81(124)96-57(29-30-74(116)117)77(120)103-65(76(119)94-41-72(91)114)44-132-45-73(115)95-61(33-48-25-27-51(110)28-26-48)84(127)104(6)47(5)75(118)99-63(38-71(90)113)86(129)107-31-17-24-67(107)82(125)98-59(37-70(89)112)79(122)100-60(32-46(3)4)87(130)108-42-52(111)36-69(108)83(126)97-58(34-49-39-92-55-20-15-13-18-53(49)55)78(121)102-64(43-109)80(123)101-62(35-50-40-93-56-21-16-14-19-54(50)56)85(128)106(8)68(23-12-10-2)88(131)105(66)7/h13-16,18-21,25-28,39-40,46-47,52,57-69,92-93,109-111H,9-12,17,22-24,29-38,41-45H2,1-8H3,(H2,89,112)(H2,90,113)(H2,91,114)(H,94,119)(H,95,115)(H,96,124)(H,97,126)(H,98,125)(H,99,118)(H,100,122)(H,101,123)(H,102,121)(H,103,120)(H,116,117)/t47-,52+,57-,58-,59-,60-,61?,62-,63-,64-,65?,66-,67-,68-,69-/m0/s1. The van der Waals surface area contributed by atoms with E-state index in [0.717, 1.165) is 24.5 Å². The number of amides is 18. The molecule has 3 fully saturated rings. The van der Waals surface area contributed by atoms with E-state index in [0.29, 0.717) is 69.5 Å². The normalized spacial score (nSPS) is 25.1. The van der Waals surface area contributed by atoms with Crippen LogP contribution in [0.5, 0.6) is 5.75 Å². The molecule has 0 bridgehead atoms. The number of aliphatic hydroxyl groups excluding tert-OH is 2. The molecule has 0 radical (unpaired) electrons. The van der Waals surface area contributed by atoms with Crippen molar-refractivity contribution < 1.29 is 112 Å². The number of likely N-dealkylation sites (N-methyl/N-ethyl adjacent to an activating group) is 3. The molecule has 718 valence electrons. The Hall–Kier alpha value is -13.3. The molecule has 0 saturated carbocycles. The lowest BCUT2D eigenvalue weighted by Gasteiger charge is -2.36. The number of nitrogens with zero attached hydrogens (tertiary/aromatic N) is 5. The van der Waals surface area contributed by atoms with Gasteiger partial charge < -0.3 is 125 Å². The summed E-state index contributed by atoms with van der Waals surface area (Å²) < 4.78 is 0. The Morgan fingerprint density at radius 2 is 1.02 bits per heavy atom. The van der Waals surface area contributed by atoms with E-state index in [-0.39, 0.29) is 70.1 Å². The molecular weight excluding hydrogens is 1740 g/mol. The van der Waals surface area contributed by atoms with E-state index in [4.69, 9.17) is 17.2 Å². The Bertz CT molecular complexity index is 5030. The van der Waals surface area contributed by atoms with Crippen molar-refractivity contribution in [1.82, 2.24) is 87.6 Å². The molecule has 3 aromatic carbocycles. The molecule has 43 nitrogen and oxygen atoms in total. The molecule has 3 saturated heterocycles. The molecule has 3 aliphatic heterocycles. The molecule has 44 heteroatoms. The monoisotopic (exact) mass is 1860 g/mol. The van der Waals surface area contributed by atoms with Gasteiger partial charge in [-0.25, -0.2) is 0 Å². The molecule has 15 atom stereocenters. The quantitative estimate of drug-likeness (QED) is 0.0271. The Balaban J connectivity index is 1.19. The number of unbranched alkanes of at least 4 members (excludes halogenated alkanes) is 2. The van der Waals surface area contributed by atoms with Crippen LogP contribution >= 0.6 is 11.8 Å². The first kappa shape index (κ1) is 104. The number of carbonyl (C=O) groups excluding carboxylic acids is 18. The van der Waals surface area contributed by atoms with Gasteiger partial charge >= 0.3 is 5.97 Å². The lowest BCUT2D eigenvalue weighted by atomic mass is 10.00. The number of aliphatic carboxylic acids is 1. The van der Waals surface area contributed by atoms with Gasteiger partial charge in [-0.3, -0.25) is 91.1 Å². The van der Waals surface area contributed by atoms with Crippen LogP contribution in [0, 0.1) is 5.92 Å². The van der Waals surface area contributed by atoms with E-state index in [2.05, 4.69) is 63.1 Å². The Labute approximate surface area is 765 Å². The number of nitrogens with one attached hydrogen (secondary N) is 12. The van der Waals surface area contributed by atoms with Crippen molar-refractivity contribution in [2.24, 2.45) is 23.1 Å². The third-order valence-electron chi connectivity index (χ3n) is 23.4. The predicted octanol–water partition coefficient (Wildman–Crippen LogP) is -3.42. The van der Waals surface area contributed by atoms with Gasteiger partial charge in [-0.1, -0.05) is 102 Å². The second-order valence-electron chi connectivity index (χ2n) is 33.8. The average Bonchev–Trinajstić information content (AvgIpc) is 1.09. The number of fused-ring (bicyclic) bond motifs is 4. The van der Waals surface area contributed by atoms with Crippen LogP contribution in [0.15, 0.2) is 85.2 Å². The van der Waals surface area contributed by atoms with Gasteiger partial charge in [0, 0.05) is 106 Å². The van der Waals surface area contributed by atoms with Gasteiger partial charge in [0.2, 0.25) is 106 Å². The minimum atomic E-state index is -1.93. The summed E-state index contributed by atoms with van der Waals surface area (Å²) in [6.07, 6.45) is -1.68. The minimum Gasteiger partial charge on any atom is -0.508 e. The molecule has 0 aliphatic carbocycles. The maximum atomic E-state index is 15.7. The van der Waals surface area contributed by atoms with Crippen LogP contribution in [0.2, 0.25) is 0 Å². The number of phenolic OH excluding ortho intramolecular Hbond substituents is 1. The maximum Gasteiger partial charge on any atom is 0.303 e. The number of aromatic hydroxyl groups is 1. The highest BCUT2D eigenvalue weighted by Crippen LogP contribution is 2.28. The van der Waals surface area contributed by atoms with Crippen molar-refractivity contribution in [2.45, 2.75) is 234 Å². The number of benzene rings is 3. The Kier molecular flexibility index (Phi) is 38.7. The first-order valence-electron chi connectivity index (χ1n) is 43.9. The summed E-state index contributed by atoms with van der Waals surface area (Å²) in [5.41, 5.74) is 19.2. The summed E-state index contributed by atoms with van der Waals surface area (Å²) in [4.78, 5) is 284. The van der Waals surface area contributed by atoms with Crippen LogP contribution in [0.25, 0.3) is 21.8 Å². The van der Waals surface area contributed by atoms with Crippen LogP contribution in [-0.4, -0.2) is 317 Å². The lowest BCUT2D eigenvalue weighted by Crippen LogP contribution is -2.62. The number of aliphatic hydroxyl groups is 2. The SMILES string of the molecule is CCCC[C@H]1C(=O)N(C)[C@@H](CCCC)C(=O)N[C@@H](CCC(=O)O)C(=O)NC(C(=O)NCC(N)=O)CSCC(=O)NC(Cc2ccc(O)cc2)C(=O)N(C)[C@@H](C)C(=O)N[C@@H](CC(N)=O)C(=O)N2CCC[C@H]2C(=O)N[C@@H](CC(N)=O)C(=O)N[C@@H](CC(C)C)C(=O)N2C[C@H](O)C[C@H]2C(=O)N[C@@H](Cc2c[nH]c3ccccc23)C(=O)N[C@@H](CO)C(=O)N[C@@H](Cc2c[nH]c3ccccc23)C(=O)N1C. The van der Waals surface area contributed by atoms with Crippen LogP contribution < -0.4 is 70.4 Å². The zero-order valence-corrected chi connectivity index (χ0v) is 75.8. The van der Waals surface area contributed by atoms with E-state index in [1.54, 1.807) is 81.7 Å². The van der Waals surface area contributed by atoms with Crippen molar-refractivity contribution in [3.05, 3.63) is 102 Å². The summed E-state index contributed by atoms with van der Waals surface area (Å²) in [6, 6.07) is -3.88. The van der Waals surface area contributed by atoms with Gasteiger partial charge in [0.25, 0.3) is 0 Å². The predicted molar refractivity (Wildman–Crippen MR) is 479 cm³/mol. The van der Waals surface area contributed by atoms with Crippen LogP contribution in [0.3, 0.4) is 0 Å². The van der Waals surface area contributed by atoms with Crippen molar-refractivity contribution in [2.75, 3.05) is 58.9 Å². The lowest BCUT2D eigenvalue weighted by molar-refractivity contribution is -0.149. The summed E-state index contributed by atoms with van der Waals surface area (Å²) in [5, 5.41) is 69.3. The zero-order valence-electron chi connectivity index (χ0n) is 75.0. The molecule has 5 heterocycles. The van der Waals surface area contributed by atoms with Crippen molar-refractivity contribution in [3.8, 4) is 5.75 Å². The number of H-pyrrole nitrogens is 2. The third-order valence-corrected chi connectivity index (χ3v) is 24.4. The Morgan fingerprint density at radius 3 is 1.61 bits per heavy atom. The van der Waals surface area contributed by atoms with Gasteiger partial charge in [-0.15, -0.1) is 11.8 Å². The summed E-state index contributed by atoms with van der Waals surface area (Å²) in [5.74, 6) is -21.8. The number of hydrogen-bond acceptors (Lipinski definition) is 23. The van der Waals surface area contributed by atoms with E-state index in [1.807, 2.05) is 6.92 Å². The number of carboxylic acids is 1. The second kappa shape index (κ2) is 49.1. The molecule has 132 heavy (non-hydrogen) atoms. The smallest absolute Gasteiger partial charge is 0.303 e. The van der Waals surface area contributed by atoms with E-state index in [1.165, 1.54) is 52.3 Å². The largest absolute Gasteiger partial charge is 0.508 e. The van der Waals surface area contributed by atoms with Gasteiger partial charge in [0.05, 0.1) is 37.9 Å². The van der Waals surface area contributed by atoms with Crippen LogP contribution in [0.1, 0.15) is 141 Å². The van der Waals surface area contributed by atoms with Crippen molar-refractivity contribution in [1.29, 1.82) is 0 Å². The van der Waals surface area contributed by atoms with Crippen molar-refractivity contribution in [3.63, 3.8) is 0 Å². The fourth-order valence-corrected chi connectivity index (χ4v) is 17.0. The number of aromatic amines is 2. The van der Waals surface area contributed by atoms with Gasteiger partial charge in [-0.2, -0.15) is 0 Å². The maximum absolute atomic E-state index is 15.7. The second-order valence-corrected chi connectivity index (χ2v) is 34.8. The highest BCUT2D eigenvalue weighted by atomic mass is 32.2. The van der Waals surface area contributed by atoms with Gasteiger partial charge in [-0.05, 0) is 92.3 Å². The fourth-order valence-electron chi connectivity index (χ4n) is 16.1. The third kappa shape index (κ3) is 28.9. The molecule has 0 spiro atoms. The first-order chi connectivity index (χ1) is 62.6. The molecule has 5 aromatic rings. The number of phenols is 1. The highest BCUT2D eigenvalue weighted by molar-refractivity contribution is 8.00. The van der Waals surface area contributed by atoms with Crippen LogP contribution in [-0.2, 0) is 110 Å². The number of para-hydroxylation sites is 2. The molecule has 8 rings (SSSR count). The molecule has 2 unspecified atom stereocenters. The number of primary amides is 3. The minimum absolute atomic E-state index is 0.0542. The number of rotatable bonds is 25. The summed E-state index contributed by atoms with van der Waals surface area (Å²) in [6.45, 7) is 5.58. The van der Waals surface area contributed by atoms with Gasteiger partial charge in [0.15, 0.2) is 0 Å². The number of nitrogens with two attached hydrogens (primary N) is 3. The molecule has 2 aromatic heterocycles. The highest BCUT2D eigenvalue weighted by Gasteiger charge is 2.47. The number of thioether (sulfide) groups is 1. The first-order valence-corrected chi connectivity index (χ1v) is 45.0. The average molecular weight is 1860 g/mol. The zero-order chi connectivity index (χ0) is 97.1. The summed E-state index contributed by atoms with van der Waals surface area (Å²) in [7, 11) is 3.75. The van der Waals surface area contributed by atoms with Crippen LogP contribution in [0.4, 0.5) is 0 Å². The number of aromatic nitrogens is 2. The van der Waals surface area contributed by atoms with Gasteiger partial charge in [0.1, 0.15) is 90.3 Å². The number of carbonyl (C=O) groups is 19. The van der Waals surface area contributed by atoms with E-state index in [9.17, 15) is 78.0 Å². The molecule has 3 aliphatic rings. The number of hydrogen-bond donors (Lipinski definition) is 19. The van der Waals surface area contributed by atoms with E-state index < -0.39 is 272 Å². The number of carboxylic acid groups (broad SMARTS) is 1. The van der Waals surface area contributed by atoms with E-state index >= 15 is 33.6 Å². The molecule has 22 N–H and O–H groups in total. The fraction of sp³-hybridized carbons (Fsp3) is 0.534. The Morgan fingerprint density at radius 1 is 0.523 bits per heavy atom.